The fraction of sp³-hybridized carbons (Fsp3) is 0.615. The molecule has 3 heteroatoms. The van der Waals surface area contributed by atoms with E-state index in [0.29, 0.717) is 0 Å². The van der Waals surface area contributed by atoms with Gasteiger partial charge in [0.05, 0.1) is 0 Å². The number of hydrogen-bond acceptors (Lipinski definition) is 3. The molecule has 1 aliphatic rings. The van der Waals surface area contributed by atoms with Crippen LogP contribution in [0.5, 0.6) is 0 Å². The molecule has 2 heterocycles. The molecule has 1 N–H and O–H groups in total. The summed E-state index contributed by atoms with van der Waals surface area (Å²) in [7, 11) is 0. The molecule has 0 radical (unpaired) electrons. The number of nitrogens with one attached hydrogen (secondary N) is 1. The van der Waals surface area contributed by atoms with Gasteiger partial charge < -0.3 is 10.1 Å². The van der Waals surface area contributed by atoms with Crippen molar-refractivity contribution in [2.75, 3.05) is 26.3 Å². The minimum Gasteiger partial charge on any atom is -0.381 e. The molecule has 0 atom stereocenters. The largest absolute Gasteiger partial charge is 0.381 e. The van der Waals surface area contributed by atoms with Gasteiger partial charge in [0.15, 0.2) is 0 Å². The molecule has 0 spiro atoms. The van der Waals surface area contributed by atoms with Gasteiger partial charge in [-0.2, -0.15) is 0 Å². The lowest BCUT2D eigenvalue weighted by atomic mass is 10.0. The van der Waals surface area contributed by atoms with Gasteiger partial charge in [0, 0.05) is 25.6 Å². The Labute approximate surface area is 97.2 Å². The van der Waals surface area contributed by atoms with E-state index in [1.807, 2.05) is 12.4 Å². The SMILES string of the molecule is c1cc(CCCOCCC2CNC2)ccn1. The van der Waals surface area contributed by atoms with E-state index in [-0.39, 0.29) is 0 Å². The fourth-order valence-corrected chi connectivity index (χ4v) is 1.83. The Kier molecular flexibility index (Phi) is 4.77. The summed E-state index contributed by atoms with van der Waals surface area (Å²) in [5.41, 5.74) is 1.35. The van der Waals surface area contributed by atoms with Gasteiger partial charge in [-0.3, -0.25) is 4.98 Å². The van der Waals surface area contributed by atoms with Crippen molar-refractivity contribution in [3.05, 3.63) is 30.1 Å². The predicted octanol–water partition coefficient (Wildman–Crippen LogP) is 1.64. The second-order valence-electron chi connectivity index (χ2n) is 4.38. The van der Waals surface area contributed by atoms with E-state index < -0.39 is 0 Å². The number of ether oxygens (including phenoxy) is 1. The van der Waals surface area contributed by atoms with Gasteiger partial charge in [0.1, 0.15) is 0 Å². The molecule has 2 rings (SSSR count). The summed E-state index contributed by atoms with van der Waals surface area (Å²) in [6.45, 7) is 4.16. The maximum absolute atomic E-state index is 5.62. The lowest BCUT2D eigenvalue weighted by Crippen LogP contribution is -2.42. The van der Waals surface area contributed by atoms with Crippen molar-refractivity contribution >= 4 is 0 Å². The third kappa shape index (κ3) is 3.91. The summed E-state index contributed by atoms with van der Waals surface area (Å²) in [6.07, 6.45) is 7.10. The van der Waals surface area contributed by atoms with Crippen molar-refractivity contribution in [2.45, 2.75) is 19.3 Å². The molecule has 3 nitrogen and oxygen atoms in total. The minimum absolute atomic E-state index is 0.861. The van der Waals surface area contributed by atoms with E-state index in [1.54, 1.807) is 0 Å². The van der Waals surface area contributed by atoms with Crippen LogP contribution in [0.3, 0.4) is 0 Å². The zero-order valence-electron chi connectivity index (χ0n) is 9.69. The summed E-state index contributed by atoms with van der Waals surface area (Å²) in [4.78, 5) is 4.00. The minimum atomic E-state index is 0.861. The van der Waals surface area contributed by atoms with E-state index in [0.717, 1.165) is 32.0 Å². The Balaban J connectivity index is 1.45. The molecular formula is C13H20N2O. The molecule has 1 aliphatic heterocycles. The molecule has 1 aromatic heterocycles. The van der Waals surface area contributed by atoms with Gasteiger partial charge in [-0.05, 0) is 56.0 Å². The summed E-state index contributed by atoms with van der Waals surface area (Å²) in [5.74, 6) is 0.861. The average molecular weight is 220 g/mol. The summed E-state index contributed by atoms with van der Waals surface area (Å²) in [6, 6.07) is 4.14. The molecular weight excluding hydrogens is 200 g/mol. The highest BCUT2D eigenvalue weighted by Gasteiger charge is 2.15. The van der Waals surface area contributed by atoms with Crippen LogP contribution in [-0.4, -0.2) is 31.3 Å². The fourth-order valence-electron chi connectivity index (χ4n) is 1.83. The number of rotatable bonds is 7. The summed E-state index contributed by atoms with van der Waals surface area (Å²) < 4.78 is 5.62. The Hall–Kier alpha value is -0.930. The van der Waals surface area contributed by atoms with Gasteiger partial charge in [0.2, 0.25) is 0 Å². The Morgan fingerprint density at radius 1 is 1.25 bits per heavy atom. The first-order valence-electron chi connectivity index (χ1n) is 6.12. The maximum Gasteiger partial charge on any atom is 0.0469 e. The van der Waals surface area contributed by atoms with Gasteiger partial charge in [-0.25, -0.2) is 0 Å². The zero-order valence-corrected chi connectivity index (χ0v) is 9.69. The van der Waals surface area contributed by atoms with Crippen LogP contribution in [0.1, 0.15) is 18.4 Å². The van der Waals surface area contributed by atoms with Crippen molar-refractivity contribution in [1.82, 2.24) is 10.3 Å². The van der Waals surface area contributed by atoms with Crippen LogP contribution >= 0.6 is 0 Å². The molecule has 0 aliphatic carbocycles. The number of aromatic nitrogens is 1. The highest BCUT2D eigenvalue weighted by Crippen LogP contribution is 2.08. The van der Waals surface area contributed by atoms with Crippen LogP contribution in [0.25, 0.3) is 0 Å². The second-order valence-corrected chi connectivity index (χ2v) is 4.38. The topological polar surface area (TPSA) is 34.1 Å². The monoisotopic (exact) mass is 220 g/mol. The molecule has 0 aromatic carbocycles. The highest BCUT2D eigenvalue weighted by molar-refractivity contribution is 5.09. The molecule has 0 amide bonds. The third-order valence-corrected chi connectivity index (χ3v) is 3.04. The first-order valence-corrected chi connectivity index (χ1v) is 6.12. The van der Waals surface area contributed by atoms with Crippen molar-refractivity contribution < 1.29 is 4.74 Å². The van der Waals surface area contributed by atoms with Gasteiger partial charge >= 0.3 is 0 Å². The number of aryl methyl sites for hydroxylation is 1. The van der Waals surface area contributed by atoms with Crippen LogP contribution in [0.4, 0.5) is 0 Å². The third-order valence-electron chi connectivity index (χ3n) is 3.04. The van der Waals surface area contributed by atoms with Crippen LogP contribution in [0.2, 0.25) is 0 Å². The Morgan fingerprint density at radius 2 is 2.06 bits per heavy atom. The summed E-state index contributed by atoms with van der Waals surface area (Å²) >= 11 is 0. The average Bonchev–Trinajstić information content (AvgIpc) is 2.27. The molecule has 88 valence electrons. The van der Waals surface area contributed by atoms with Gasteiger partial charge in [-0.1, -0.05) is 0 Å². The summed E-state index contributed by atoms with van der Waals surface area (Å²) in [5, 5.41) is 3.27. The van der Waals surface area contributed by atoms with E-state index >= 15 is 0 Å². The normalized spacial score (nSPS) is 16.0. The molecule has 16 heavy (non-hydrogen) atoms. The Morgan fingerprint density at radius 3 is 2.75 bits per heavy atom. The van der Waals surface area contributed by atoms with Crippen LogP contribution < -0.4 is 5.32 Å². The molecule has 0 bridgehead atoms. The van der Waals surface area contributed by atoms with Crippen molar-refractivity contribution in [2.24, 2.45) is 5.92 Å². The second kappa shape index (κ2) is 6.61. The molecule has 0 saturated carbocycles. The lowest BCUT2D eigenvalue weighted by Gasteiger charge is -2.26. The molecule has 1 fully saturated rings. The molecule has 1 aromatic rings. The maximum atomic E-state index is 5.62. The highest BCUT2D eigenvalue weighted by atomic mass is 16.5. The van der Waals surface area contributed by atoms with Crippen LogP contribution in [-0.2, 0) is 11.2 Å². The lowest BCUT2D eigenvalue weighted by molar-refractivity contribution is 0.109. The quantitative estimate of drug-likeness (QED) is 0.709. The van der Waals surface area contributed by atoms with Crippen LogP contribution in [0.15, 0.2) is 24.5 Å². The first-order chi connectivity index (χ1) is 7.95. The van der Waals surface area contributed by atoms with E-state index in [9.17, 15) is 0 Å². The smallest absolute Gasteiger partial charge is 0.0469 e. The molecule has 1 saturated heterocycles. The number of nitrogens with zero attached hydrogens (tertiary/aromatic N) is 1. The van der Waals surface area contributed by atoms with E-state index in [2.05, 4.69) is 22.4 Å². The number of hydrogen-bond donors (Lipinski definition) is 1. The standard InChI is InChI=1S/C13H20N2O/c1(2-12-3-6-14-7-4-12)8-16-9-5-13-10-15-11-13/h3-4,6-7,13,15H,1-2,5,8-11H2. The van der Waals surface area contributed by atoms with Gasteiger partial charge in [-0.15, -0.1) is 0 Å². The van der Waals surface area contributed by atoms with E-state index in [1.165, 1.54) is 25.1 Å². The molecule has 0 unspecified atom stereocenters. The first kappa shape index (κ1) is 11.6. The zero-order chi connectivity index (χ0) is 11.1. The number of pyridine rings is 1. The Bertz CT molecular complexity index is 285. The predicted molar refractivity (Wildman–Crippen MR) is 64.4 cm³/mol. The van der Waals surface area contributed by atoms with Gasteiger partial charge in [0.25, 0.3) is 0 Å². The van der Waals surface area contributed by atoms with Crippen LogP contribution in [0, 0.1) is 5.92 Å². The van der Waals surface area contributed by atoms with Crippen molar-refractivity contribution in [3.63, 3.8) is 0 Å². The van der Waals surface area contributed by atoms with E-state index in [4.69, 9.17) is 4.74 Å². The van der Waals surface area contributed by atoms with Crippen molar-refractivity contribution in [1.29, 1.82) is 0 Å². The van der Waals surface area contributed by atoms with Crippen molar-refractivity contribution in [3.8, 4) is 0 Å².